The highest BCUT2D eigenvalue weighted by atomic mass is 16.5. The molecule has 4 rings (SSSR count). The predicted octanol–water partition coefficient (Wildman–Crippen LogP) is 4.71. The van der Waals surface area contributed by atoms with Gasteiger partial charge in [0, 0.05) is 32.1 Å². The second-order valence-corrected chi connectivity index (χ2v) is 11.2. The predicted molar refractivity (Wildman–Crippen MR) is 112 cm³/mol. The molecular weight excluding hydrogens is 380 g/mol. The van der Waals surface area contributed by atoms with Crippen molar-refractivity contribution in [2.45, 2.75) is 98.2 Å². The Morgan fingerprint density at radius 2 is 1.73 bits per heavy atom. The maximum atomic E-state index is 13.7. The van der Waals surface area contributed by atoms with Crippen LogP contribution in [0.5, 0.6) is 0 Å². The fraction of sp³-hybridized carbons (Fsp3) is 0.880. The fourth-order valence-electron chi connectivity index (χ4n) is 8.53. The minimum absolute atomic E-state index is 0.0153. The van der Waals surface area contributed by atoms with Gasteiger partial charge in [0.25, 0.3) is 0 Å². The van der Waals surface area contributed by atoms with Crippen LogP contribution >= 0.6 is 0 Å². The first-order valence-electron chi connectivity index (χ1n) is 11.9. The molecular formula is C25H38O5. The molecule has 4 aliphatic rings. The highest BCUT2D eigenvalue weighted by molar-refractivity contribution is 5.84. The SMILES string of the molecule is CC(=O)O[C@H]1CC[C@@]2(C)[C@@H](CC[C@H]3[C@@H]4CC[C@H]([C@@H](C)OC(C)=O)[C@@]4(C)CC(=O)[C@@H]32)C1. The van der Waals surface area contributed by atoms with Crippen molar-refractivity contribution in [2.24, 2.45) is 40.4 Å². The number of carbonyl (C=O) groups is 3. The lowest BCUT2D eigenvalue weighted by atomic mass is 9.44. The number of hydrogen-bond donors (Lipinski definition) is 0. The van der Waals surface area contributed by atoms with E-state index >= 15 is 0 Å². The van der Waals surface area contributed by atoms with Gasteiger partial charge in [-0.25, -0.2) is 0 Å². The number of hydrogen-bond acceptors (Lipinski definition) is 5. The van der Waals surface area contributed by atoms with Crippen LogP contribution in [0.4, 0.5) is 0 Å². The zero-order valence-electron chi connectivity index (χ0n) is 19.2. The van der Waals surface area contributed by atoms with Gasteiger partial charge >= 0.3 is 11.9 Å². The summed E-state index contributed by atoms with van der Waals surface area (Å²) >= 11 is 0. The molecule has 0 radical (unpaired) electrons. The zero-order chi connectivity index (χ0) is 21.8. The molecule has 0 amide bonds. The van der Waals surface area contributed by atoms with E-state index in [2.05, 4.69) is 13.8 Å². The first kappa shape index (κ1) is 21.8. The van der Waals surface area contributed by atoms with Crippen LogP contribution in [-0.2, 0) is 23.9 Å². The Bertz CT molecular complexity index is 731. The maximum Gasteiger partial charge on any atom is 0.302 e. The van der Waals surface area contributed by atoms with Crippen LogP contribution in [0.15, 0.2) is 0 Å². The molecule has 9 atom stereocenters. The minimum atomic E-state index is -0.230. The number of esters is 2. The van der Waals surface area contributed by atoms with Crippen molar-refractivity contribution < 1.29 is 23.9 Å². The highest BCUT2D eigenvalue weighted by Gasteiger charge is 2.64. The monoisotopic (exact) mass is 418 g/mol. The third kappa shape index (κ3) is 3.40. The van der Waals surface area contributed by atoms with Gasteiger partial charge in [0.05, 0.1) is 0 Å². The van der Waals surface area contributed by atoms with Gasteiger partial charge in [0.1, 0.15) is 18.0 Å². The average Bonchev–Trinajstić information content (AvgIpc) is 2.97. The highest BCUT2D eigenvalue weighted by Crippen LogP contribution is 2.67. The lowest BCUT2D eigenvalue weighted by molar-refractivity contribution is -0.172. The first-order chi connectivity index (χ1) is 14.1. The van der Waals surface area contributed by atoms with Crippen LogP contribution in [0.1, 0.15) is 86.0 Å². The Kier molecular flexibility index (Phi) is 5.55. The largest absolute Gasteiger partial charge is 0.463 e. The summed E-state index contributed by atoms with van der Waals surface area (Å²) < 4.78 is 11.1. The molecule has 0 aromatic carbocycles. The third-order valence-corrected chi connectivity index (χ3v) is 9.62. The summed E-state index contributed by atoms with van der Waals surface area (Å²) in [4.78, 5) is 36.7. The van der Waals surface area contributed by atoms with Gasteiger partial charge in [-0.1, -0.05) is 13.8 Å². The number of rotatable bonds is 3. The van der Waals surface area contributed by atoms with Gasteiger partial charge in [-0.2, -0.15) is 0 Å². The normalized spacial score (nSPS) is 46.2. The first-order valence-corrected chi connectivity index (χ1v) is 11.9. The van der Waals surface area contributed by atoms with Gasteiger partial charge in [0.2, 0.25) is 0 Å². The molecule has 5 nitrogen and oxygen atoms in total. The summed E-state index contributed by atoms with van der Waals surface area (Å²) in [5.41, 5.74) is -0.0389. The third-order valence-electron chi connectivity index (χ3n) is 9.62. The van der Waals surface area contributed by atoms with E-state index in [9.17, 15) is 14.4 Å². The van der Waals surface area contributed by atoms with Gasteiger partial charge in [-0.15, -0.1) is 0 Å². The lowest BCUT2D eigenvalue weighted by Crippen LogP contribution is -2.58. The quantitative estimate of drug-likeness (QED) is 0.621. The van der Waals surface area contributed by atoms with Crippen molar-refractivity contribution in [1.29, 1.82) is 0 Å². The van der Waals surface area contributed by atoms with E-state index in [1.54, 1.807) is 0 Å². The van der Waals surface area contributed by atoms with Crippen molar-refractivity contribution in [2.75, 3.05) is 0 Å². The minimum Gasteiger partial charge on any atom is -0.463 e. The molecule has 0 aromatic heterocycles. The second kappa shape index (κ2) is 7.63. The second-order valence-electron chi connectivity index (χ2n) is 11.2. The molecule has 0 bridgehead atoms. The summed E-state index contributed by atoms with van der Waals surface area (Å²) in [6.07, 6.45) is 7.65. The fourth-order valence-corrected chi connectivity index (χ4v) is 8.53. The molecule has 0 spiro atoms. The van der Waals surface area contributed by atoms with E-state index in [1.165, 1.54) is 13.8 Å². The molecule has 4 aliphatic carbocycles. The van der Waals surface area contributed by atoms with Crippen LogP contribution in [-0.4, -0.2) is 29.9 Å². The number of fused-ring (bicyclic) bond motifs is 5. The smallest absolute Gasteiger partial charge is 0.302 e. The molecule has 0 unspecified atom stereocenters. The molecule has 0 aromatic rings. The van der Waals surface area contributed by atoms with Gasteiger partial charge < -0.3 is 9.47 Å². The summed E-state index contributed by atoms with van der Waals surface area (Å²) in [6, 6.07) is 0. The molecule has 0 aliphatic heterocycles. The van der Waals surface area contributed by atoms with E-state index in [0.29, 0.717) is 30.0 Å². The van der Waals surface area contributed by atoms with E-state index in [1.807, 2.05) is 6.92 Å². The van der Waals surface area contributed by atoms with Crippen LogP contribution in [0.2, 0.25) is 0 Å². The summed E-state index contributed by atoms with van der Waals surface area (Å²) in [5.74, 6) is 1.84. The Morgan fingerprint density at radius 3 is 2.40 bits per heavy atom. The Hall–Kier alpha value is -1.39. The topological polar surface area (TPSA) is 69.7 Å². The standard InChI is InChI=1S/C25H38O5/c1-14(29-15(2)26)20-8-9-21-19-7-6-17-12-18(30-16(3)27)10-11-24(17,4)23(19)22(28)13-25(20,21)5/h14,17-21,23H,6-13H2,1-5H3/t14-,17+,18+,19+,20-,21+,23-,24+,25-/m1/s1. The molecule has 30 heavy (non-hydrogen) atoms. The Morgan fingerprint density at radius 1 is 1.00 bits per heavy atom. The lowest BCUT2D eigenvalue weighted by Gasteiger charge is -2.60. The van der Waals surface area contributed by atoms with Gasteiger partial charge in [-0.3, -0.25) is 14.4 Å². The number of ketones is 1. The van der Waals surface area contributed by atoms with Crippen LogP contribution in [0.3, 0.4) is 0 Å². The van der Waals surface area contributed by atoms with Gasteiger partial charge in [-0.05, 0) is 80.5 Å². The van der Waals surface area contributed by atoms with E-state index in [-0.39, 0.29) is 46.8 Å². The number of ether oxygens (including phenoxy) is 2. The summed E-state index contributed by atoms with van der Waals surface area (Å²) in [6.45, 7) is 9.60. The van der Waals surface area contributed by atoms with Gasteiger partial charge in [0.15, 0.2) is 0 Å². The van der Waals surface area contributed by atoms with Crippen molar-refractivity contribution >= 4 is 17.7 Å². The van der Waals surface area contributed by atoms with Crippen LogP contribution < -0.4 is 0 Å². The van der Waals surface area contributed by atoms with Crippen molar-refractivity contribution in [1.82, 2.24) is 0 Å². The van der Waals surface area contributed by atoms with Crippen LogP contribution in [0, 0.1) is 40.4 Å². The van der Waals surface area contributed by atoms with E-state index in [4.69, 9.17) is 9.47 Å². The summed E-state index contributed by atoms with van der Waals surface area (Å²) in [7, 11) is 0. The van der Waals surface area contributed by atoms with Crippen molar-refractivity contribution in [3.8, 4) is 0 Å². The number of Topliss-reactive ketones (excluding diaryl/α,β-unsaturated/α-hetero) is 1. The summed E-state index contributed by atoms with van der Waals surface area (Å²) in [5, 5.41) is 0. The Labute approximate surface area is 180 Å². The van der Waals surface area contributed by atoms with E-state index in [0.717, 1.165) is 44.9 Å². The zero-order valence-corrected chi connectivity index (χ0v) is 19.2. The molecule has 0 saturated heterocycles. The Balaban J connectivity index is 1.56. The molecule has 5 heteroatoms. The van der Waals surface area contributed by atoms with Crippen molar-refractivity contribution in [3.63, 3.8) is 0 Å². The van der Waals surface area contributed by atoms with E-state index < -0.39 is 0 Å². The van der Waals surface area contributed by atoms with Crippen LogP contribution in [0.25, 0.3) is 0 Å². The molecule has 4 saturated carbocycles. The molecule has 0 N–H and O–H groups in total. The molecule has 0 heterocycles. The maximum absolute atomic E-state index is 13.7. The van der Waals surface area contributed by atoms with Crippen molar-refractivity contribution in [3.05, 3.63) is 0 Å². The molecule has 168 valence electrons. The average molecular weight is 419 g/mol. The molecule has 4 fully saturated rings. The number of carbonyl (C=O) groups excluding carboxylic acids is 3.